The summed E-state index contributed by atoms with van der Waals surface area (Å²) in [4.78, 5) is 11.8. The van der Waals surface area contributed by atoms with Crippen LogP contribution in [-0.2, 0) is 17.7 Å². The van der Waals surface area contributed by atoms with Gasteiger partial charge < -0.3 is 10.1 Å². The van der Waals surface area contributed by atoms with Crippen molar-refractivity contribution in [2.75, 3.05) is 11.9 Å². The summed E-state index contributed by atoms with van der Waals surface area (Å²) in [5.74, 6) is 3.05. The molecule has 1 aromatic heterocycles. The third-order valence-electron chi connectivity index (χ3n) is 7.20. The van der Waals surface area contributed by atoms with E-state index in [1.54, 1.807) is 6.07 Å². The van der Waals surface area contributed by atoms with Crippen LogP contribution in [0.3, 0.4) is 0 Å². The van der Waals surface area contributed by atoms with Crippen LogP contribution in [0.25, 0.3) is 0 Å². The molecule has 2 atom stereocenters. The molecule has 0 spiro atoms. The van der Waals surface area contributed by atoms with E-state index in [1.165, 1.54) is 5.57 Å². The van der Waals surface area contributed by atoms with Crippen LogP contribution in [0.5, 0.6) is 0 Å². The minimum absolute atomic E-state index is 0.0500. The number of allylic oxidation sites excluding steroid dienone is 4. The molecule has 1 fully saturated rings. The Labute approximate surface area is 214 Å². The highest BCUT2D eigenvalue weighted by Crippen LogP contribution is 2.44. The van der Waals surface area contributed by atoms with Crippen LogP contribution in [0.2, 0.25) is 0 Å². The monoisotopic (exact) mass is 495 g/mol. The lowest BCUT2D eigenvalue weighted by atomic mass is 9.91. The minimum atomic E-state index is -0.362. The molecule has 7 heteroatoms. The van der Waals surface area contributed by atoms with E-state index in [9.17, 15) is 4.91 Å². The Morgan fingerprint density at radius 1 is 1.31 bits per heavy atom. The fourth-order valence-corrected chi connectivity index (χ4v) is 5.55. The second kappa shape index (κ2) is 10.6. The molecule has 0 amide bonds. The highest BCUT2D eigenvalue weighted by Gasteiger charge is 2.33. The number of hydrogen-bond donors (Lipinski definition) is 2. The number of aromatic nitrogens is 2. The first-order chi connectivity index (χ1) is 17.1. The zero-order chi connectivity index (χ0) is 26.0. The Morgan fingerprint density at radius 3 is 2.78 bits per heavy atom. The maximum absolute atomic E-state index is 15.1. The van der Waals surface area contributed by atoms with Gasteiger partial charge in [-0.15, -0.1) is 0 Å². The van der Waals surface area contributed by atoms with E-state index in [2.05, 4.69) is 63.1 Å². The predicted octanol–water partition coefficient (Wildman–Crippen LogP) is 7.66. The number of fused-ring (bicyclic) bond motifs is 1. The van der Waals surface area contributed by atoms with Crippen LogP contribution in [-0.4, -0.2) is 21.5 Å². The van der Waals surface area contributed by atoms with Crippen LogP contribution in [0.4, 0.5) is 15.9 Å². The summed E-state index contributed by atoms with van der Waals surface area (Å²) in [7, 11) is 0. The number of rotatable bonds is 7. The van der Waals surface area contributed by atoms with Gasteiger partial charge in [0.15, 0.2) is 18.2 Å². The molecule has 2 aliphatic rings. The van der Waals surface area contributed by atoms with Gasteiger partial charge in [0, 0.05) is 45.1 Å². The van der Waals surface area contributed by atoms with E-state index < -0.39 is 0 Å². The number of nitrogens with zero attached hydrogens (tertiary/aromatic N) is 2. The maximum atomic E-state index is 15.1. The Hall–Kier alpha value is -2.96. The third kappa shape index (κ3) is 5.71. The van der Waals surface area contributed by atoms with Gasteiger partial charge >= 0.3 is 0 Å². The standard InChI is InChI=1S/C29H40FN4O2/c1-7-8-25(36-28(18(2)3)29(4,5)6)21-10-9-20(15-21)24-16-26(33-32-24)31-23-12-11-19-13-14-34(35)17-22(19)27(23)30/h8,11-12,16,20-21H,7,9-10,13-15,17H2,1-6H3,(H2,31,32,33)/q+1/b25-8+. The Bertz CT molecular complexity index is 1180. The molecule has 0 saturated heterocycles. The van der Waals surface area contributed by atoms with Crippen molar-refractivity contribution in [3.63, 3.8) is 0 Å². The molecule has 4 rings (SSSR count). The van der Waals surface area contributed by atoms with Crippen molar-refractivity contribution in [2.24, 2.45) is 11.3 Å². The molecule has 1 aromatic carbocycles. The summed E-state index contributed by atoms with van der Waals surface area (Å²) >= 11 is 0. The molecule has 2 N–H and O–H groups in total. The van der Waals surface area contributed by atoms with Gasteiger partial charge in [0.2, 0.25) is 6.54 Å². The number of nitroso groups, excluding NO2 is 1. The molecule has 0 bridgehead atoms. The molecule has 2 unspecified atom stereocenters. The molecule has 2 heterocycles. The van der Waals surface area contributed by atoms with E-state index >= 15 is 4.39 Å². The van der Waals surface area contributed by atoms with E-state index in [-0.39, 0.29) is 17.8 Å². The quantitative estimate of drug-likeness (QED) is 0.305. The molecule has 1 aliphatic carbocycles. The first-order valence-corrected chi connectivity index (χ1v) is 13.2. The molecule has 6 nitrogen and oxygen atoms in total. The van der Waals surface area contributed by atoms with Crippen molar-refractivity contribution >= 4 is 11.5 Å². The van der Waals surface area contributed by atoms with E-state index in [0.29, 0.717) is 41.9 Å². The van der Waals surface area contributed by atoms with E-state index in [4.69, 9.17) is 4.74 Å². The average molecular weight is 496 g/mol. The van der Waals surface area contributed by atoms with Crippen LogP contribution in [0, 0.1) is 22.1 Å². The number of halogens is 1. The van der Waals surface area contributed by atoms with E-state index in [1.807, 2.05) is 12.1 Å². The normalized spacial score (nSPS) is 20.3. The van der Waals surface area contributed by atoms with Crippen molar-refractivity contribution in [1.29, 1.82) is 0 Å². The molecular weight excluding hydrogens is 455 g/mol. The summed E-state index contributed by atoms with van der Waals surface area (Å²) in [6.45, 7) is 13.5. The zero-order valence-electron chi connectivity index (χ0n) is 22.5. The lowest BCUT2D eigenvalue weighted by Gasteiger charge is -2.28. The minimum Gasteiger partial charge on any atom is -0.466 e. The SMILES string of the molecule is CC/C=C(/OC(=C(C)C)C(C)(C)C)C1CCC(c2cc(Nc3ccc4c(c3F)C[N+](=O)CC4)n[nH]2)C1. The number of H-pyrrole nitrogens is 1. The molecule has 1 saturated carbocycles. The third-order valence-corrected chi connectivity index (χ3v) is 7.20. The van der Waals surface area contributed by atoms with Gasteiger partial charge in [0.25, 0.3) is 0 Å². The fraction of sp³-hybridized carbons (Fsp3) is 0.552. The summed E-state index contributed by atoms with van der Waals surface area (Å²) in [5, 5.41) is 10.7. The first-order valence-electron chi connectivity index (χ1n) is 13.2. The van der Waals surface area contributed by atoms with Crippen molar-refractivity contribution in [3.8, 4) is 0 Å². The number of nitrogens with one attached hydrogen (secondary N) is 2. The molecular formula is C29H40FN4O2+. The number of anilines is 2. The molecule has 1 aliphatic heterocycles. The van der Waals surface area contributed by atoms with Crippen LogP contribution in [0.1, 0.15) is 90.0 Å². The number of aromatic amines is 1. The number of ether oxygens (including phenoxy) is 1. The molecule has 2 aromatic rings. The Balaban J connectivity index is 1.45. The number of hydrogen-bond acceptors (Lipinski definition) is 4. The van der Waals surface area contributed by atoms with Gasteiger partial charge in [0.05, 0.1) is 11.3 Å². The first kappa shape index (κ1) is 26.1. The van der Waals surface area contributed by atoms with Crippen LogP contribution in [0.15, 0.2) is 41.4 Å². The second-order valence-corrected chi connectivity index (χ2v) is 11.4. The highest BCUT2D eigenvalue weighted by molar-refractivity contribution is 5.59. The topological polar surface area (TPSA) is 70.0 Å². The van der Waals surface area contributed by atoms with Crippen molar-refractivity contribution in [3.05, 3.63) is 68.9 Å². The smallest absolute Gasteiger partial charge is 0.220 e. The zero-order valence-corrected chi connectivity index (χ0v) is 22.5. The summed E-state index contributed by atoms with van der Waals surface area (Å²) in [6.07, 6.45) is 6.83. The Morgan fingerprint density at radius 2 is 2.08 bits per heavy atom. The van der Waals surface area contributed by atoms with E-state index in [0.717, 1.165) is 53.2 Å². The number of benzene rings is 1. The van der Waals surface area contributed by atoms with Gasteiger partial charge in [-0.2, -0.15) is 5.10 Å². The molecule has 194 valence electrons. The summed E-state index contributed by atoms with van der Waals surface area (Å²) < 4.78 is 22.6. The molecule has 36 heavy (non-hydrogen) atoms. The maximum Gasteiger partial charge on any atom is 0.220 e. The van der Waals surface area contributed by atoms with Gasteiger partial charge in [-0.25, -0.2) is 4.39 Å². The predicted molar refractivity (Wildman–Crippen MR) is 142 cm³/mol. The van der Waals surface area contributed by atoms with Crippen LogP contribution >= 0.6 is 0 Å². The van der Waals surface area contributed by atoms with Crippen LogP contribution < -0.4 is 5.32 Å². The highest BCUT2D eigenvalue weighted by atomic mass is 19.1. The summed E-state index contributed by atoms with van der Waals surface area (Å²) in [6, 6.07) is 5.62. The molecule has 0 radical (unpaired) electrons. The van der Waals surface area contributed by atoms with Gasteiger partial charge in [-0.1, -0.05) is 33.8 Å². The van der Waals surface area contributed by atoms with Gasteiger partial charge in [0.1, 0.15) is 11.5 Å². The fourth-order valence-electron chi connectivity index (χ4n) is 5.55. The van der Waals surface area contributed by atoms with Gasteiger partial charge in [-0.3, -0.25) is 5.10 Å². The average Bonchev–Trinajstić information content (AvgIpc) is 3.47. The second-order valence-electron chi connectivity index (χ2n) is 11.4. The van der Waals surface area contributed by atoms with Crippen molar-refractivity contribution in [2.45, 2.75) is 86.1 Å². The van der Waals surface area contributed by atoms with Crippen molar-refractivity contribution in [1.82, 2.24) is 10.2 Å². The lowest BCUT2D eigenvalue weighted by Crippen LogP contribution is -2.21. The van der Waals surface area contributed by atoms with Gasteiger partial charge in [-0.05, 0) is 62.8 Å². The van der Waals surface area contributed by atoms with Crippen molar-refractivity contribution < 1.29 is 13.9 Å². The Kier molecular flexibility index (Phi) is 7.67. The largest absolute Gasteiger partial charge is 0.466 e. The summed E-state index contributed by atoms with van der Waals surface area (Å²) in [5.41, 5.74) is 3.96. The lowest BCUT2D eigenvalue weighted by molar-refractivity contribution is -0.568.